The van der Waals surface area contributed by atoms with E-state index in [4.69, 9.17) is 17.3 Å². The van der Waals surface area contributed by atoms with Crippen molar-refractivity contribution in [3.63, 3.8) is 0 Å². The number of hydrogen-bond donors (Lipinski definition) is 2. The minimum Gasteiger partial charge on any atom is -0.352 e. The van der Waals surface area contributed by atoms with Gasteiger partial charge < -0.3 is 20.9 Å². The summed E-state index contributed by atoms with van der Waals surface area (Å²) < 4.78 is 0. The summed E-state index contributed by atoms with van der Waals surface area (Å²) in [6.07, 6.45) is 0.0969. The van der Waals surface area contributed by atoms with E-state index in [1.807, 2.05) is 41.3 Å². The highest BCUT2D eigenvalue weighted by atomic mass is 35.5. The van der Waals surface area contributed by atoms with Crippen molar-refractivity contribution in [1.29, 1.82) is 0 Å². The Balaban J connectivity index is 1.83. The van der Waals surface area contributed by atoms with E-state index >= 15 is 0 Å². The Bertz CT molecular complexity index is 830. The van der Waals surface area contributed by atoms with E-state index in [1.54, 1.807) is 18.2 Å². The van der Waals surface area contributed by atoms with E-state index in [1.165, 1.54) is 0 Å². The van der Waals surface area contributed by atoms with Gasteiger partial charge in [0.2, 0.25) is 5.91 Å². The van der Waals surface area contributed by atoms with Crippen LogP contribution in [-0.4, -0.2) is 48.4 Å². The molecule has 148 valence electrons. The molecule has 0 spiro atoms. The smallest absolute Gasteiger partial charge is 0.312 e. The van der Waals surface area contributed by atoms with Crippen LogP contribution in [-0.2, 0) is 4.79 Å². The zero-order valence-electron chi connectivity index (χ0n) is 15.8. The Morgan fingerprint density at radius 1 is 1.14 bits per heavy atom. The lowest BCUT2D eigenvalue weighted by Gasteiger charge is -2.41. The number of likely N-dealkylation sites (N-methyl/N-ethyl adjacent to an activating group) is 1. The molecule has 2 atom stereocenters. The van der Waals surface area contributed by atoms with Gasteiger partial charge in [0.15, 0.2) is 0 Å². The van der Waals surface area contributed by atoms with E-state index < -0.39 is 12.1 Å². The van der Waals surface area contributed by atoms with Crippen LogP contribution < -0.4 is 11.1 Å². The quantitative estimate of drug-likeness (QED) is 0.809. The number of halogens is 1. The monoisotopic (exact) mass is 400 g/mol. The summed E-state index contributed by atoms with van der Waals surface area (Å²) >= 11 is 6.29. The van der Waals surface area contributed by atoms with Crippen LogP contribution in [0, 0.1) is 0 Å². The fraction of sp³-hybridized carbons (Fsp3) is 0.333. The first-order valence-corrected chi connectivity index (χ1v) is 9.67. The Kier molecular flexibility index (Phi) is 6.54. The third-order valence-electron chi connectivity index (χ3n) is 5.06. The fourth-order valence-corrected chi connectivity index (χ4v) is 3.91. The number of urea groups is 1. The third kappa shape index (κ3) is 4.82. The first kappa shape index (κ1) is 20.2. The highest BCUT2D eigenvalue weighted by Crippen LogP contribution is 2.29. The van der Waals surface area contributed by atoms with Crippen molar-refractivity contribution in [2.24, 2.45) is 5.73 Å². The summed E-state index contributed by atoms with van der Waals surface area (Å²) in [5.74, 6) is -0.0411. The lowest BCUT2D eigenvalue weighted by molar-refractivity contribution is -0.136. The number of piperazine rings is 1. The lowest BCUT2D eigenvalue weighted by Crippen LogP contribution is -2.50. The van der Waals surface area contributed by atoms with Gasteiger partial charge in [-0.15, -0.1) is 0 Å². The maximum Gasteiger partial charge on any atom is 0.312 e. The van der Waals surface area contributed by atoms with Gasteiger partial charge in [-0.1, -0.05) is 60.1 Å². The molecule has 1 aliphatic heterocycles. The predicted octanol–water partition coefficient (Wildman–Crippen LogP) is 2.95. The van der Waals surface area contributed by atoms with Gasteiger partial charge in [0, 0.05) is 24.7 Å². The number of nitrogens with one attached hydrogen (secondary N) is 1. The Morgan fingerprint density at radius 3 is 2.50 bits per heavy atom. The van der Waals surface area contributed by atoms with E-state index in [-0.39, 0.29) is 18.4 Å². The SMILES string of the molecule is CN1CCN(C(=O)C[C@@H](NC(N)=O)c2ccccc2Cl)[C@@H](c2ccccc2)C1. The van der Waals surface area contributed by atoms with Crippen molar-refractivity contribution < 1.29 is 9.59 Å². The zero-order chi connectivity index (χ0) is 20.1. The van der Waals surface area contributed by atoms with Gasteiger partial charge in [0.25, 0.3) is 0 Å². The maximum absolute atomic E-state index is 13.2. The van der Waals surface area contributed by atoms with Crippen LogP contribution in [0.25, 0.3) is 0 Å². The Labute approximate surface area is 170 Å². The van der Waals surface area contributed by atoms with Gasteiger partial charge in [0.1, 0.15) is 0 Å². The van der Waals surface area contributed by atoms with E-state index in [9.17, 15) is 9.59 Å². The van der Waals surface area contributed by atoms with Crippen molar-refractivity contribution >= 4 is 23.5 Å². The summed E-state index contributed by atoms with van der Waals surface area (Å²) in [6.45, 7) is 2.19. The number of hydrogen-bond acceptors (Lipinski definition) is 3. The van der Waals surface area contributed by atoms with Gasteiger partial charge in [-0.05, 0) is 24.2 Å². The molecule has 0 aromatic heterocycles. The van der Waals surface area contributed by atoms with Gasteiger partial charge in [-0.2, -0.15) is 0 Å². The minimum atomic E-state index is -0.685. The second-order valence-corrected chi connectivity index (χ2v) is 7.47. The first-order chi connectivity index (χ1) is 13.5. The number of carbonyl (C=O) groups excluding carboxylic acids is 2. The summed E-state index contributed by atoms with van der Waals surface area (Å²) in [7, 11) is 2.05. The fourth-order valence-electron chi connectivity index (χ4n) is 3.64. The molecule has 3 N–H and O–H groups in total. The highest BCUT2D eigenvalue weighted by molar-refractivity contribution is 6.31. The molecule has 2 aromatic rings. The number of carbonyl (C=O) groups is 2. The molecule has 0 aliphatic carbocycles. The molecule has 0 unspecified atom stereocenters. The van der Waals surface area contributed by atoms with Crippen LogP contribution in [0.4, 0.5) is 4.79 Å². The molecule has 1 fully saturated rings. The van der Waals surface area contributed by atoms with Crippen LogP contribution in [0.15, 0.2) is 54.6 Å². The number of benzene rings is 2. The van der Waals surface area contributed by atoms with Crippen LogP contribution in [0.3, 0.4) is 0 Å². The number of nitrogens with zero attached hydrogens (tertiary/aromatic N) is 2. The number of primary amides is 1. The molecule has 1 saturated heterocycles. The lowest BCUT2D eigenvalue weighted by atomic mass is 9.99. The standard InChI is InChI=1S/C21H25ClN4O2/c1-25-11-12-26(19(14-25)15-7-3-2-4-8-15)20(27)13-18(24-21(23)28)16-9-5-6-10-17(16)22/h2-10,18-19H,11-14H2,1H3,(H3,23,24,28)/t18-,19-/m1/s1. The molecule has 2 aromatic carbocycles. The van der Waals surface area contributed by atoms with Crippen LogP contribution in [0.1, 0.15) is 29.6 Å². The topological polar surface area (TPSA) is 78.7 Å². The van der Waals surface area contributed by atoms with Crippen molar-refractivity contribution in [2.45, 2.75) is 18.5 Å². The van der Waals surface area contributed by atoms with Gasteiger partial charge in [-0.25, -0.2) is 4.79 Å². The van der Waals surface area contributed by atoms with E-state index in [0.29, 0.717) is 17.1 Å². The number of nitrogens with two attached hydrogens (primary N) is 1. The van der Waals surface area contributed by atoms with E-state index in [0.717, 1.165) is 18.7 Å². The molecule has 1 heterocycles. The van der Waals surface area contributed by atoms with Crippen molar-refractivity contribution in [3.8, 4) is 0 Å². The summed E-state index contributed by atoms with van der Waals surface area (Å²) in [4.78, 5) is 28.9. The molecule has 0 bridgehead atoms. The molecule has 0 radical (unpaired) electrons. The third-order valence-corrected chi connectivity index (χ3v) is 5.41. The Hall–Kier alpha value is -2.57. The molecule has 3 rings (SSSR count). The van der Waals surface area contributed by atoms with Crippen LogP contribution >= 0.6 is 11.6 Å². The van der Waals surface area contributed by atoms with Crippen molar-refractivity contribution in [2.75, 3.05) is 26.7 Å². The normalized spacial score (nSPS) is 18.5. The maximum atomic E-state index is 13.2. The molecular weight excluding hydrogens is 376 g/mol. The van der Waals surface area contributed by atoms with Gasteiger partial charge in [0.05, 0.1) is 18.5 Å². The highest BCUT2D eigenvalue weighted by Gasteiger charge is 2.32. The first-order valence-electron chi connectivity index (χ1n) is 9.29. The average Bonchev–Trinajstić information content (AvgIpc) is 2.68. The predicted molar refractivity (Wildman–Crippen MR) is 110 cm³/mol. The minimum absolute atomic E-state index is 0.0343. The number of rotatable bonds is 5. The molecule has 28 heavy (non-hydrogen) atoms. The molecular formula is C21H25ClN4O2. The molecule has 7 heteroatoms. The number of amides is 3. The van der Waals surface area contributed by atoms with Crippen LogP contribution in [0.2, 0.25) is 5.02 Å². The average molecular weight is 401 g/mol. The Morgan fingerprint density at radius 2 is 1.82 bits per heavy atom. The molecule has 0 saturated carbocycles. The molecule has 1 aliphatic rings. The molecule has 6 nitrogen and oxygen atoms in total. The second kappa shape index (κ2) is 9.08. The van der Waals surface area contributed by atoms with Gasteiger partial charge in [-0.3, -0.25) is 4.79 Å². The van der Waals surface area contributed by atoms with E-state index in [2.05, 4.69) is 17.3 Å². The summed E-state index contributed by atoms with van der Waals surface area (Å²) in [5.41, 5.74) is 7.13. The summed E-state index contributed by atoms with van der Waals surface area (Å²) in [6, 6.07) is 15.9. The van der Waals surface area contributed by atoms with Gasteiger partial charge >= 0.3 is 6.03 Å². The van der Waals surface area contributed by atoms with Crippen molar-refractivity contribution in [1.82, 2.24) is 15.1 Å². The zero-order valence-corrected chi connectivity index (χ0v) is 16.6. The van der Waals surface area contributed by atoms with Crippen LogP contribution in [0.5, 0.6) is 0 Å². The molecule has 3 amide bonds. The second-order valence-electron chi connectivity index (χ2n) is 7.06. The largest absolute Gasteiger partial charge is 0.352 e. The summed E-state index contributed by atoms with van der Waals surface area (Å²) in [5, 5.41) is 3.16. The van der Waals surface area contributed by atoms with Crippen molar-refractivity contribution in [3.05, 3.63) is 70.7 Å².